The second-order valence-electron chi connectivity index (χ2n) is 4.93. The molecule has 0 aliphatic carbocycles. The van der Waals surface area contributed by atoms with Gasteiger partial charge < -0.3 is 9.64 Å². The summed E-state index contributed by atoms with van der Waals surface area (Å²) in [6.07, 6.45) is 0.865. The van der Waals surface area contributed by atoms with Crippen LogP contribution in [-0.2, 0) is 0 Å². The molecular formula is C16H15NO2. The quantitative estimate of drug-likeness (QED) is 0.720. The summed E-state index contributed by atoms with van der Waals surface area (Å²) >= 11 is 0. The van der Waals surface area contributed by atoms with E-state index >= 15 is 0 Å². The summed E-state index contributed by atoms with van der Waals surface area (Å²) in [6.45, 7) is 3.99. The van der Waals surface area contributed by atoms with Gasteiger partial charge in [0.25, 0.3) is 0 Å². The van der Waals surface area contributed by atoms with Crippen LogP contribution >= 0.6 is 0 Å². The van der Waals surface area contributed by atoms with Crippen molar-refractivity contribution in [3.05, 3.63) is 47.0 Å². The van der Waals surface area contributed by atoms with Crippen LogP contribution in [0.25, 0.3) is 0 Å². The summed E-state index contributed by atoms with van der Waals surface area (Å²) < 4.78 is 5.90. The average molecular weight is 253 g/mol. The molecule has 0 saturated carbocycles. The van der Waals surface area contributed by atoms with Gasteiger partial charge in [0.05, 0.1) is 11.4 Å². The van der Waals surface area contributed by atoms with E-state index in [9.17, 15) is 4.79 Å². The van der Waals surface area contributed by atoms with Crippen molar-refractivity contribution in [1.29, 1.82) is 0 Å². The third-order valence-corrected chi connectivity index (χ3v) is 3.53. The molecule has 0 fully saturated rings. The first kappa shape index (κ1) is 11.8. The van der Waals surface area contributed by atoms with Crippen LogP contribution in [0.5, 0.6) is 11.5 Å². The molecule has 0 spiro atoms. The molecule has 3 rings (SSSR count). The average Bonchev–Trinajstić information content (AvgIpc) is 2.40. The Morgan fingerprint density at radius 2 is 1.79 bits per heavy atom. The van der Waals surface area contributed by atoms with Crippen molar-refractivity contribution < 1.29 is 9.53 Å². The standard InChI is InChI=1S/C16H15NO2/c1-10-4-5-15-13(6-10)17(3)14-7-11(2)12(9-18)8-16(14)19-15/h4-9H,1-3H3. The van der Waals surface area contributed by atoms with Gasteiger partial charge in [0.2, 0.25) is 0 Å². The first-order valence-electron chi connectivity index (χ1n) is 6.22. The van der Waals surface area contributed by atoms with Crippen LogP contribution in [-0.4, -0.2) is 13.3 Å². The van der Waals surface area contributed by atoms with E-state index < -0.39 is 0 Å². The molecule has 1 aliphatic heterocycles. The SMILES string of the molecule is Cc1ccc2c(c1)N(C)c1cc(C)c(C=O)cc1O2. The van der Waals surface area contributed by atoms with Gasteiger partial charge in [0, 0.05) is 12.6 Å². The van der Waals surface area contributed by atoms with Gasteiger partial charge in [-0.2, -0.15) is 0 Å². The predicted molar refractivity (Wildman–Crippen MR) is 75.9 cm³/mol. The van der Waals surface area contributed by atoms with Crippen LogP contribution < -0.4 is 9.64 Å². The summed E-state index contributed by atoms with van der Waals surface area (Å²) in [5.74, 6) is 1.55. The van der Waals surface area contributed by atoms with Crippen molar-refractivity contribution in [1.82, 2.24) is 0 Å². The molecule has 96 valence electrons. The fraction of sp³-hybridized carbons (Fsp3) is 0.188. The first-order chi connectivity index (χ1) is 9.10. The highest BCUT2D eigenvalue weighted by molar-refractivity contribution is 5.84. The molecule has 0 N–H and O–H groups in total. The maximum atomic E-state index is 11.0. The van der Waals surface area contributed by atoms with E-state index in [2.05, 4.69) is 17.9 Å². The zero-order chi connectivity index (χ0) is 13.6. The van der Waals surface area contributed by atoms with Crippen LogP contribution in [0.3, 0.4) is 0 Å². The number of benzene rings is 2. The van der Waals surface area contributed by atoms with Crippen molar-refractivity contribution in [2.45, 2.75) is 13.8 Å². The molecule has 0 radical (unpaired) electrons. The minimum absolute atomic E-state index is 0.669. The summed E-state index contributed by atoms with van der Waals surface area (Å²) in [5.41, 5.74) is 4.86. The summed E-state index contributed by atoms with van der Waals surface area (Å²) in [6, 6.07) is 9.87. The molecule has 0 saturated heterocycles. The molecule has 3 heteroatoms. The molecule has 0 aromatic heterocycles. The lowest BCUT2D eigenvalue weighted by atomic mass is 10.1. The minimum Gasteiger partial charge on any atom is -0.453 e. The fourth-order valence-corrected chi connectivity index (χ4v) is 2.38. The maximum absolute atomic E-state index is 11.0. The summed E-state index contributed by atoms with van der Waals surface area (Å²) in [5, 5.41) is 0. The highest BCUT2D eigenvalue weighted by Crippen LogP contribution is 2.46. The second kappa shape index (κ2) is 4.12. The molecule has 0 unspecified atom stereocenters. The Hall–Kier alpha value is -2.29. The molecule has 1 aliphatic rings. The molecule has 2 aromatic rings. The van der Waals surface area contributed by atoms with Crippen molar-refractivity contribution in [2.24, 2.45) is 0 Å². The van der Waals surface area contributed by atoms with E-state index in [1.165, 1.54) is 5.56 Å². The molecule has 0 bridgehead atoms. The predicted octanol–water partition coefficient (Wildman–Crippen LogP) is 3.99. The van der Waals surface area contributed by atoms with Gasteiger partial charge in [-0.25, -0.2) is 0 Å². The number of ether oxygens (including phenoxy) is 1. The van der Waals surface area contributed by atoms with Gasteiger partial charge in [0.1, 0.15) is 6.29 Å². The van der Waals surface area contributed by atoms with Crippen molar-refractivity contribution >= 4 is 17.7 Å². The Bertz CT molecular complexity index is 677. The summed E-state index contributed by atoms with van der Waals surface area (Å²) in [4.78, 5) is 13.1. The van der Waals surface area contributed by atoms with Crippen molar-refractivity contribution in [2.75, 3.05) is 11.9 Å². The second-order valence-corrected chi connectivity index (χ2v) is 4.93. The highest BCUT2D eigenvalue weighted by atomic mass is 16.5. The minimum atomic E-state index is 0.669. The number of rotatable bonds is 1. The lowest BCUT2D eigenvalue weighted by molar-refractivity contribution is 0.112. The van der Waals surface area contributed by atoms with Crippen molar-refractivity contribution in [3.63, 3.8) is 0 Å². The van der Waals surface area contributed by atoms with Gasteiger partial charge in [-0.3, -0.25) is 4.79 Å². The van der Waals surface area contributed by atoms with Gasteiger partial charge in [-0.05, 0) is 49.2 Å². The molecular weight excluding hydrogens is 238 g/mol. The normalized spacial score (nSPS) is 12.5. The Balaban J connectivity index is 2.18. The number of anilines is 2. The Morgan fingerprint density at radius 1 is 1.05 bits per heavy atom. The van der Waals surface area contributed by atoms with E-state index in [1.807, 2.05) is 32.2 Å². The molecule has 0 atom stereocenters. The van der Waals surface area contributed by atoms with Gasteiger partial charge in [-0.1, -0.05) is 6.07 Å². The van der Waals surface area contributed by atoms with Crippen molar-refractivity contribution in [3.8, 4) is 11.5 Å². The lowest BCUT2D eigenvalue weighted by Gasteiger charge is -2.30. The topological polar surface area (TPSA) is 29.5 Å². The van der Waals surface area contributed by atoms with Crippen LogP contribution in [0, 0.1) is 13.8 Å². The largest absolute Gasteiger partial charge is 0.453 e. The molecule has 19 heavy (non-hydrogen) atoms. The van der Waals surface area contributed by atoms with E-state index in [4.69, 9.17) is 4.74 Å². The number of aldehydes is 1. The highest BCUT2D eigenvalue weighted by Gasteiger charge is 2.22. The van der Waals surface area contributed by atoms with E-state index in [1.54, 1.807) is 6.07 Å². The molecule has 2 aromatic carbocycles. The Kier molecular flexibility index (Phi) is 2.56. The van der Waals surface area contributed by atoms with E-state index in [0.717, 1.165) is 34.7 Å². The molecule has 0 amide bonds. The number of fused-ring (bicyclic) bond motifs is 2. The van der Waals surface area contributed by atoms with Gasteiger partial charge >= 0.3 is 0 Å². The first-order valence-corrected chi connectivity index (χ1v) is 6.22. The number of carbonyl (C=O) groups is 1. The summed E-state index contributed by atoms with van der Waals surface area (Å²) in [7, 11) is 2.01. The maximum Gasteiger partial charge on any atom is 0.151 e. The van der Waals surface area contributed by atoms with Crippen LogP contribution in [0.4, 0.5) is 11.4 Å². The van der Waals surface area contributed by atoms with E-state index in [-0.39, 0.29) is 0 Å². The Morgan fingerprint density at radius 3 is 2.53 bits per heavy atom. The smallest absolute Gasteiger partial charge is 0.151 e. The third kappa shape index (κ3) is 1.78. The number of nitrogens with zero attached hydrogens (tertiary/aromatic N) is 1. The molecule has 1 heterocycles. The number of hydrogen-bond acceptors (Lipinski definition) is 3. The lowest BCUT2D eigenvalue weighted by Crippen LogP contribution is -2.16. The zero-order valence-electron chi connectivity index (χ0n) is 11.2. The van der Waals surface area contributed by atoms with Crippen LogP contribution in [0.1, 0.15) is 21.5 Å². The zero-order valence-corrected chi connectivity index (χ0v) is 11.2. The Labute approximate surface area is 112 Å². The van der Waals surface area contributed by atoms with Crippen LogP contribution in [0.15, 0.2) is 30.3 Å². The van der Waals surface area contributed by atoms with Gasteiger partial charge in [-0.15, -0.1) is 0 Å². The van der Waals surface area contributed by atoms with E-state index in [0.29, 0.717) is 5.56 Å². The van der Waals surface area contributed by atoms with Crippen LogP contribution in [0.2, 0.25) is 0 Å². The monoisotopic (exact) mass is 253 g/mol. The molecule has 3 nitrogen and oxygen atoms in total. The number of carbonyl (C=O) groups excluding carboxylic acids is 1. The number of hydrogen-bond donors (Lipinski definition) is 0. The van der Waals surface area contributed by atoms with Gasteiger partial charge in [0.15, 0.2) is 11.5 Å². The number of aryl methyl sites for hydroxylation is 2. The fourth-order valence-electron chi connectivity index (χ4n) is 2.38. The third-order valence-electron chi connectivity index (χ3n) is 3.53.